The number of nitrogens with one attached hydrogen (secondary N) is 1. The molecule has 2 amide bonds. The molecule has 2 fully saturated rings. The second-order valence-corrected chi connectivity index (χ2v) is 9.36. The molecule has 1 aliphatic carbocycles. The van der Waals surface area contributed by atoms with Gasteiger partial charge in [0.25, 0.3) is 11.8 Å². The van der Waals surface area contributed by atoms with E-state index in [0.717, 1.165) is 62.3 Å². The molecule has 1 aliphatic heterocycles. The van der Waals surface area contributed by atoms with Gasteiger partial charge >= 0.3 is 0 Å². The number of nitrogens with zero attached hydrogens (tertiary/aromatic N) is 2. The highest BCUT2D eigenvalue weighted by Gasteiger charge is 2.29. The van der Waals surface area contributed by atoms with Crippen molar-refractivity contribution in [3.63, 3.8) is 0 Å². The number of benzene rings is 2. The molecular formula is C28H37N3O3. The molecule has 2 aromatic carbocycles. The Labute approximate surface area is 203 Å². The molecule has 2 aromatic rings. The van der Waals surface area contributed by atoms with E-state index < -0.39 is 0 Å². The van der Waals surface area contributed by atoms with Crippen molar-refractivity contribution in [1.82, 2.24) is 10.2 Å². The lowest BCUT2D eigenvalue weighted by molar-refractivity contribution is 0.0648. The Hall–Kier alpha value is -3.02. The first-order valence-electron chi connectivity index (χ1n) is 12.7. The number of hydrogen-bond acceptors (Lipinski definition) is 4. The van der Waals surface area contributed by atoms with Crippen LogP contribution in [0.4, 0.5) is 5.69 Å². The van der Waals surface area contributed by atoms with E-state index >= 15 is 0 Å². The number of ether oxygens (including phenoxy) is 1. The van der Waals surface area contributed by atoms with E-state index in [1.54, 1.807) is 31.4 Å². The monoisotopic (exact) mass is 463 g/mol. The smallest absolute Gasteiger partial charge is 0.256 e. The Morgan fingerprint density at radius 3 is 2.29 bits per heavy atom. The molecule has 34 heavy (non-hydrogen) atoms. The van der Waals surface area contributed by atoms with Crippen LogP contribution in [0.25, 0.3) is 0 Å². The Morgan fingerprint density at radius 1 is 0.971 bits per heavy atom. The average Bonchev–Trinajstić information content (AvgIpc) is 2.90. The van der Waals surface area contributed by atoms with Gasteiger partial charge in [0.1, 0.15) is 5.75 Å². The van der Waals surface area contributed by atoms with Crippen molar-refractivity contribution in [2.75, 3.05) is 31.6 Å². The molecule has 0 unspecified atom stereocenters. The first kappa shape index (κ1) is 24.1. The zero-order valence-electron chi connectivity index (χ0n) is 20.5. The van der Waals surface area contributed by atoms with Crippen LogP contribution in [0, 0.1) is 0 Å². The number of hydrogen-bond donors (Lipinski definition) is 1. The maximum absolute atomic E-state index is 13.6. The van der Waals surface area contributed by atoms with Gasteiger partial charge in [0.2, 0.25) is 0 Å². The van der Waals surface area contributed by atoms with Gasteiger partial charge in [-0.25, -0.2) is 0 Å². The predicted molar refractivity (Wildman–Crippen MR) is 136 cm³/mol. The average molecular weight is 464 g/mol. The fourth-order valence-corrected chi connectivity index (χ4v) is 5.32. The highest BCUT2D eigenvalue weighted by molar-refractivity contribution is 6.00. The summed E-state index contributed by atoms with van der Waals surface area (Å²) < 4.78 is 5.17. The molecule has 6 nitrogen and oxygen atoms in total. The second kappa shape index (κ2) is 11.4. The molecule has 1 saturated carbocycles. The van der Waals surface area contributed by atoms with Crippen molar-refractivity contribution in [2.45, 2.75) is 64.0 Å². The molecule has 6 heteroatoms. The zero-order valence-corrected chi connectivity index (χ0v) is 20.5. The van der Waals surface area contributed by atoms with Crippen LogP contribution in [0.5, 0.6) is 5.75 Å². The summed E-state index contributed by atoms with van der Waals surface area (Å²) in [4.78, 5) is 30.6. The van der Waals surface area contributed by atoms with Crippen LogP contribution in [-0.2, 0) is 0 Å². The Kier molecular flexibility index (Phi) is 8.09. The number of amides is 2. The van der Waals surface area contributed by atoms with Crippen LogP contribution in [0.15, 0.2) is 48.5 Å². The van der Waals surface area contributed by atoms with Crippen LogP contribution < -0.4 is 15.0 Å². The van der Waals surface area contributed by atoms with E-state index in [9.17, 15) is 9.59 Å². The van der Waals surface area contributed by atoms with E-state index in [-0.39, 0.29) is 17.9 Å². The van der Waals surface area contributed by atoms with E-state index in [4.69, 9.17) is 4.74 Å². The van der Waals surface area contributed by atoms with Crippen LogP contribution in [0.2, 0.25) is 0 Å². The predicted octanol–water partition coefficient (Wildman–Crippen LogP) is 4.89. The number of anilines is 1. The highest BCUT2D eigenvalue weighted by atomic mass is 16.5. The Bertz CT molecular complexity index is 961. The van der Waals surface area contributed by atoms with E-state index in [0.29, 0.717) is 11.6 Å². The minimum Gasteiger partial charge on any atom is -0.497 e. The minimum absolute atomic E-state index is 0.0530. The fraction of sp³-hybridized carbons (Fsp3) is 0.500. The summed E-state index contributed by atoms with van der Waals surface area (Å²) in [5, 5.41) is 3.17. The minimum atomic E-state index is -0.0530. The lowest BCUT2D eigenvalue weighted by atomic mass is 9.93. The third-order valence-electron chi connectivity index (χ3n) is 7.27. The number of carbonyl (C=O) groups excluding carboxylic acids is 2. The van der Waals surface area contributed by atoms with Gasteiger partial charge in [0, 0.05) is 43.0 Å². The van der Waals surface area contributed by atoms with Crippen molar-refractivity contribution in [3.8, 4) is 5.75 Å². The lowest BCUT2D eigenvalue weighted by Crippen LogP contribution is -2.46. The number of carbonyl (C=O) groups is 2. The summed E-state index contributed by atoms with van der Waals surface area (Å²) in [6.07, 6.45) is 7.64. The second-order valence-electron chi connectivity index (χ2n) is 9.36. The van der Waals surface area contributed by atoms with Crippen LogP contribution in [0.1, 0.15) is 72.6 Å². The first-order chi connectivity index (χ1) is 16.6. The summed E-state index contributed by atoms with van der Waals surface area (Å²) >= 11 is 0. The van der Waals surface area contributed by atoms with Gasteiger partial charge in [-0.05, 0) is 69.0 Å². The standard InChI is InChI=1S/C28H37N3O3/c1-3-31(23-9-5-4-6-10-23)28(33)25-11-7-8-12-26(25)30-19-17-22(18-20-30)29-27(32)21-13-15-24(34-2)16-14-21/h7-8,11-16,22-23H,3-6,9-10,17-20H2,1-2H3,(H,29,32). The van der Waals surface area contributed by atoms with Crippen LogP contribution in [0.3, 0.4) is 0 Å². The molecule has 182 valence electrons. The third kappa shape index (κ3) is 5.54. The van der Waals surface area contributed by atoms with Gasteiger partial charge in [0.15, 0.2) is 0 Å². The maximum atomic E-state index is 13.6. The number of para-hydroxylation sites is 1. The molecule has 0 radical (unpaired) electrons. The van der Waals surface area contributed by atoms with Gasteiger partial charge < -0.3 is 19.9 Å². The van der Waals surface area contributed by atoms with E-state index in [1.807, 2.05) is 18.2 Å². The largest absolute Gasteiger partial charge is 0.497 e. The molecule has 4 rings (SSSR count). The normalized spacial score (nSPS) is 17.3. The summed E-state index contributed by atoms with van der Waals surface area (Å²) in [6.45, 7) is 4.46. The Balaban J connectivity index is 1.38. The molecule has 1 heterocycles. The van der Waals surface area contributed by atoms with E-state index in [2.05, 4.69) is 28.1 Å². The zero-order chi connectivity index (χ0) is 23.9. The first-order valence-corrected chi connectivity index (χ1v) is 12.7. The molecule has 0 spiro atoms. The Morgan fingerprint density at radius 2 is 1.65 bits per heavy atom. The van der Waals surface area contributed by atoms with Gasteiger partial charge in [-0.15, -0.1) is 0 Å². The summed E-state index contributed by atoms with van der Waals surface area (Å²) in [6, 6.07) is 15.7. The van der Waals surface area contributed by atoms with E-state index in [1.165, 1.54) is 19.3 Å². The molecule has 0 atom stereocenters. The maximum Gasteiger partial charge on any atom is 0.256 e. The van der Waals surface area contributed by atoms with Gasteiger partial charge in [-0.3, -0.25) is 9.59 Å². The molecular weight excluding hydrogens is 426 g/mol. The molecule has 0 bridgehead atoms. The van der Waals surface area contributed by atoms with Gasteiger partial charge in [-0.2, -0.15) is 0 Å². The van der Waals surface area contributed by atoms with Crippen LogP contribution in [-0.4, -0.2) is 55.5 Å². The lowest BCUT2D eigenvalue weighted by Gasteiger charge is -2.37. The van der Waals surface area contributed by atoms with Crippen LogP contribution >= 0.6 is 0 Å². The fourth-order valence-electron chi connectivity index (χ4n) is 5.32. The SMILES string of the molecule is CCN(C(=O)c1ccccc1N1CCC(NC(=O)c2ccc(OC)cc2)CC1)C1CCCCC1. The van der Waals surface area contributed by atoms with Crippen molar-refractivity contribution >= 4 is 17.5 Å². The van der Waals surface area contributed by atoms with Crippen molar-refractivity contribution in [1.29, 1.82) is 0 Å². The molecule has 2 aliphatic rings. The quantitative estimate of drug-likeness (QED) is 0.635. The third-order valence-corrected chi connectivity index (χ3v) is 7.27. The highest BCUT2D eigenvalue weighted by Crippen LogP contribution is 2.29. The molecule has 1 N–H and O–H groups in total. The number of rotatable bonds is 7. The number of methoxy groups -OCH3 is 1. The summed E-state index contributed by atoms with van der Waals surface area (Å²) in [7, 11) is 1.62. The van der Waals surface area contributed by atoms with Gasteiger partial charge in [-0.1, -0.05) is 31.4 Å². The van der Waals surface area contributed by atoms with Crippen molar-refractivity contribution in [2.24, 2.45) is 0 Å². The van der Waals surface area contributed by atoms with Crippen molar-refractivity contribution in [3.05, 3.63) is 59.7 Å². The van der Waals surface area contributed by atoms with Gasteiger partial charge in [0.05, 0.1) is 12.7 Å². The number of piperidine rings is 1. The van der Waals surface area contributed by atoms with Crippen molar-refractivity contribution < 1.29 is 14.3 Å². The summed E-state index contributed by atoms with van der Waals surface area (Å²) in [5.41, 5.74) is 2.46. The summed E-state index contributed by atoms with van der Waals surface area (Å²) in [5.74, 6) is 0.839. The molecule has 1 saturated heterocycles. The molecule has 0 aromatic heterocycles. The topological polar surface area (TPSA) is 61.9 Å².